The second kappa shape index (κ2) is 5.34. The van der Waals surface area contributed by atoms with Crippen molar-refractivity contribution in [2.24, 2.45) is 11.8 Å². The molecule has 0 radical (unpaired) electrons. The molecule has 0 aliphatic heterocycles. The van der Waals surface area contributed by atoms with Crippen molar-refractivity contribution >= 4 is 15.7 Å². The molecule has 0 unspecified atom stereocenters. The number of imidazole rings is 1. The van der Waals surface area contributed by atoms with Crippen molar-refractivity contribution in [1.29, 1.82) is 0 Å². The minimum absolute atomic E-state index is 0.0656. The zero-order valence-corrected chi connectivity index (χ0v) is 11.9. The summed E-state index contributed by atoms with van der Waals surface area (Å²) in [7, 11) is -3.55. The smallest absolute Gasteiger partial charge is 0.241 e. The topological polar surface area (TPSA) is 63.5 Å². The standard InChI is InChI=1S/C13H15F2N3O2S/c14-13(15)11-5-9(11)8-21(19,20)16-6-10-7-18-4-2-1-3-12(18)17-10/h1-4,7,9,11,13,16H,5-6,8H2/t9-,11+/m0/s1. The number of fused-ring (bicyclic) bond motifs is 1. The van der Waals surface area contributed by atoms with Crippen LogP contribution >= 0.6 is 0 Å². The van der Waals surface area contributed by atoms with E-state index < -0.39 is 28.3 Å². The van der Waals surface area contributed by atoms with Gasteiger partial charge < -0.3 is 4.40 Å². The van der Waals surface area contributed by atoms with E-state index in [0.717, 1.165) is 5.65 Å². The second-order valence-electron chi connectivity index (χ2n) is 5.29. The van der Waals surface area contributed by atoms with Gasteiger partial charge in [-0.2, -0.15) is 0 Å². The van der Waals surface area contributed by atoms with Crippen LogP contribution in [0.4, 0.5) is 8.78 Å². The molecule has 0 saturated heterocycles. The fraction of sp³-hybridized carbons (Fsp3) is 0.462. The van der Waals surface area contributed by atoms with E-state index in [-0.39, 0.29) is 18.7 Å². The van der Waals surface area contributed by atoms with Crippen LogP contribution in [0, 0.1) is 11.8 Å². The normalized spacial score (nSPS) is 22.0. The minimum atomic E-state index is -3.55. The van der Waals surface area contributed by atoms with Gasteiger partial charge in [0.15, 0.2) is 0 Å². The van der Waals surface area contributed by atoms with E-state index in [4.69, 9.17) is 0 Å². The van der Waals surface area contributed by atoms with E-state index in [1.807, 2.05) is 24.4 Å². The molecule has 2 aromatic heterocycles. The van der Waals surface area contributed by atoms with Crippen LogP contribution < -0.4 is 4.72 Å². The lowest BCUT2D eigenvalue weighted by molar-refractivity contribution is 0.117. The number of hydrogen-bond acceptors (Lipinski definition) is 3. The van der Waals surface area contributed by atoms with Gasteiger partial charge in [0.2, 0.25) is 16.4 Å². The van der Waals surface area contributed by atoms with Gasteiger partial charge in [-0.25, -0.2) is 26.9 Å². The Morgan fingerprint density at radius 1 is 1.43 bits per heavy atom. The van der Waals surface area contributed by atoms with Crippen LogP contribution in [0.1, 0.15) is 12.1 Å². The highest BCUT2D eigenvalue weighted by Crippen LogP contribution is 2.43. The third-order valence-corrected chi connectivity index (χ3v) is 5.07. The van der Waals surface area contributed by atoms with Gasteiger partial charge in [0.05, 0.1) is 18.0 Å². The highest BCUT2D eigenvalue weighted by molar-refractivity contribution is 7.89. The third kappa shape index (κ3) is 3.38. The Labute approximate surface area is 121 Å². The van der Waals surface area contributed by atoms with E-state index in [1.54, 1.807) is 10.6 Å². The summed E-state index contributed by atoms with van der Waals surface area (Å²) in [4.78, 5) is 4.27. The molecule has 21 heavy (non-hydrogen) atoms. The lowest BCUT2D eigenvalue weighted by atomic mass is 10.4. The summed E-state index contributed by atoms with van der Waals surface area (Å²) < 4.78 is 52.7. The quantitative estimate of drug-likeness (QED) is 0.882. The van der Waals surface area contributed by atoms with Gasteiger partial charge in [-0.3, -0.25) is 0 Å². The first kappa shape index (κ1) is 14.4. The van der Waals surface area contributed by atoms with Crippen LogP contribution in [-0.4, -0.2) is 30.0 Å². The monoisotopic (exact) mass is 315 g/mol. The molecule has 1 saturated carbocycles. The first-order valence-electron chi connectivity index (χ1n) is 6.63. The SMILES string of the molecule is O=S(=O)(C[C@@H]1C[C@H]1C(F)F)NCc1cn2ccccc2n1. The van der Waals surface area contributed by atoms with E-state index in [1.165, 1.54) is 0 Å². The molecular weight excluding hydrogens is 300 g/mol. The van der Waals surface area contributed by atoms with E-state index in [0.29, 0.717) is 5.69 Å². The Kier molecular flexibility index (Phi) is 3.66. The molecule has 0 amide bonds. The number of nitrogens with zero attached hydrogens (tertiary/aromatic N) is 2. The number of sulfonamides is 1. The Balaban J connectivity index is 1.59. The average Bonchev–Trinajstić information content (AvgIpc) is 3.04. The highest BCUT2D eigenvalue weighted by atomic mass is 32.2. The van der Waals surface area contributed by atoms with Gasteiger partial charge >= 0.3 is 0 Å². The van der Waals surface area contributed by atoms with E-state index >= 15 is 0 Å². The van der Waals surface area contributed by atoms with E-state index in [2.05, 4.69) is 9.71 Å². The van der Waals surface area contributed by atoms with Gasteiger partial charge in [0.1, 0.15) is 5.65 Å². The number of rotatable bonds is 6. The van der Waals surface area contributed by atoms with Crippen LogP contribution in [-0.2, 0) is 16.6 Å². The summed E-state index contributed by atoms with van der Waals surface area (Å²) in [6.45, 7) is 0.0656. The molecule has 114 valence electrons. The van der Waals surface area contributed by atoms with Crippen LogP contribution in [0.2, 0.25) is 0 Å². The summed E-state index contributed by atoms with van der Waals surface area (Å²) in [5.41, 5.74) is 1.32. The van der Waals surface area contributed by atoms with Crippen LogP contribution in [0.15, 0.2) is 30.6 Å². The summed E-state index contributed by atoms with van der Waals surface area (Å²) in [6, 6.07) is 5.50. The number of halogens is 2. The fourth-order valence-corrected chi connectivity index (χ4v) is 3.80. The number of pyridine rings is 1. The van der Waals surface area contributed by atoms with Crippen LogP contribution in [0.3, 0.4) is 0 Å². The Morgan fingerprint density at radius 3 is 2.90 bits per heavy atom. The molecule has 1 aliphatic carbocycles. The largest absolute Gasteiger partial charge is 0.307 e. The Hall–Kier alpha value is -1.54. The second-order valence-corrected chi connectivity index (χ2v) is 7.15. The predicted molar refractivity (Wildman–Crippen MR) is 73.4 cm³/mol. The van der Waals surface area contributed by atoms with Crippen molar-refractivity contribution in [3.63, 3.8) is 0 Å². The maximum atomic E-state index is 12.4. The Bertz CT molecular complexity index is 712. The number of alkyl halides is 2. The van der Waals surface area contributed by atoms with Gasteiger partial charge in [-0.15, -0.1) is 0 Å². The molecule has 1 aliphatic rings. The van der Waals surface area contributed by atoms with E-state index in [9.17, 15) is 17.2 Å². The molecule has 2 atom stereocenters. The highest BCUT2D eigenvalue weighted by Gasteiger charge is 2.46. The zero-order chi connectivity index (χ0) is 15.0. The Morgan fingerprint density at radius 2 is 2.24 bits per heavy atom. The molecule has 2 heterocycles. The fourth-order valence-electron chi connectivity index (χ4n) is 2.37. The molecule has 5 nitrogen and oxygen atoms in total. The lowest BCUT2D eigenvalue weighted by Crippen LogP contribution is -2.27. The van der Waals surface area contributed by atoms with Crippen molar-refractivity contribution in [1.82, 2.24) is 14.1 Å². The van der Waals surface area contributed by atoms with Crippen molar-refractivity contribution in [2.45, 2.75) is 19.4 Å². The molecule has 0 aromatic carbocycles. The molecule has 1 fully saturated rings. The zero-order valence-electron chi connectivity index (χ0n) is 11.1. The van der Waals surface area contributed by atoms with Crippen LogP contribution in [0.25, 0.3) is 5.65 Å². The predicted octanol–water partition coefficient (Wildman–Crippen LogP) is 1.65. The van der Waals surface area contributed by atoms with Crippen molar-refractivity contribution in [3.8, 4) is 0 Å². The molecule has 3 rings (SSSR count). The third-order valence-electron chi connectivity index (χ3n) is 3.62. The molecule has 2 aromatic rings. The molecular formula is C13H15F2N3O2S. The first-order valence-corrected chi connectivity index (χ1v) is 8.28. The van der Waals surface area contributed by atoms with Gasteiger partial charge in [-0.05, 0) is 24.5 Å². The number of nitrogens with one attached hydrogen (secondary N) is 1. The van der Waals surface area contributed by atoms with Crippen molar-refractivity contribution < 1.29 is 17.2 Å². The van der Waals surface area contributed by atoms with Gasteiger partial charge in [-0.1, -0.05) is 6.07 Å². The van der Waals surface area contributed by atoms with Crippen molar-refractivity contribution in [2.75, 3.05) is 5.75 Å². The van der Waals surface area contributed by atoms with Gasteiger partial charge in [0, 0.05) is 18.3 Å². The van der Waals surface area contributed by atoms with Crippen molar-refractivity contribution in [3.05, 3.63) is 36.3 Å². The minimum Gasteiger partial charge on any atom is -0.307 e. The maximum absolute atomic E-state index is 12.4. The summed E-state index contributed by atoms with van der Waals surface area (Å²) in [5, 5.41) is 0. The average molecular weight is 315 g/mol. The number of hydrogen-bond donors (Lipinski definition) is 1. The van der Waals surface area contributed by atoms with Crippen LogP contribution in [0.5, 0.6) is 0 Å². The van der Waals surface area contributed by atoms with Gasteiger partial charge in [0.25, 0.3) is 0 Å². The maximum Gasteiger partial charge on any atom is 0.241 e. The molecule has 8 heteroatoms. The summed E-state index contributed by atoms with van der Waals surface area (Å²) in [5.74, 6) is -1.43. The molecule has 1 N–H and O–H groups in total. The lowest BCUT2D eigenvalue weighted by Gasteiger charge is -2.04. The molecule has 0 bridgehead atoms. The first-order chi connectivity index (χ1) is 9.94. The summed E-state index contributed by atoms with van der Waals surface area (Å²) >= 11 is 0. The molecule has 0 spiro atoms. The summed E-state index contributed by atoms with van der Waals surface area (Å²) in [6.07, 6.45) is 1.41. The number of aromatic nitrogens is 2.